The zero-order chi connectivity index (χ0) is 12.1. The molecule has 0 bridgehead atoms. The number of hydrogen-bond acceptors (Lipinski definition) is 1. The van der Waals surface area contributed by atoms with E-state index in [4.69, 9.17) is 4.42 Å². The van der Waals surface area contributed by atoms with Gasteiger partial charge in [-0.15, -0.1) is 0 Å². The second-order valence-corrected chi connectivity index (χ2v) is 4.46. The molecule has 1 atom stereocenters. The summed E-state index contributed by atoms with van der Waals surface area (Å²) in [6.07, 6.45) is 1.19. The SMILES string of the molecule is CC[C@H](C)[NH2+]Cc1ccc(-c2ccccc2)o1. The molecular weight excluding hydrogens is 210 g/mol. The number of rotatable bonds is 5. The molecule has 2 rings (SSSR count). The van der Waals surface area contributed by atoms with Crippen molar-refractivity contribution >= 4 is 0 Å². The average molecular weight is 230 g/mol. The summed E-state index contributed by atoms with van der Waals surface area (Å²) >= 11 is 0. The van der Waals surface area contributed by atoms with Crippen LogP contribution < -0.4 is 5.32 Å². The predicted molar refractivity (Wildman–Crippen MR) is 69.5 cm³/mol. The van der Waals surface area contributed by atoms with Gasteiger partial charge in [0.2, 0.25) is 0 Å². The lowest BCUT2D eigenvalue weighted by Crippen LogP contribution is -2.87. The fourth-order valence-corrected chi connectivity index (χ4v) is 1.73. The summed E-state index contributed by atoms with van der Waals surface area (Å²) < 4.78 is 5.83. The number of benzene rings is 1. The van der Waals surface area contributed by atoms with Crippen LogP contribution in [0.5, 0.6) is 0 Å². The van der Waals surface area contributed by atoms with E-state index in [0.29, 0.717) is 6.04 Å². The van der Waals surface area contributed by atoms with E-state index in [-0.39, 0.29) is 0 Å². The van der Waals surface area contributed by atoms with E-state index >= 15 is 0 Å². The van der Waals surface area contributed by atoms with Crippen LogP contribution in [-0.4, -0.2) is 6.04 Å². The van der Waals surface area contributed by atoms with Crippen LogP contribution in [-0.2, 0) is 6.54 Å². The third kappa shape index (κ3) is 3.21. The Morgan fingerprint density at radius 2 is 1.88 bits per heavy atom. The van der Waals surface area contributed by atoms with Gasteiger partial charge in [0, 0.05) is 5.56 Å². The smallest absolute Gasteiger partial charge is 0.158 e. The van der Waals surface area contributed by atoms with Gasteiger partial charge in [-0.25, -0.2) is 0 Å². The van der Waals surface area contributed by atoms with Gasteiger partial charge in [0.25, 0.3) is 0 Å². The maximum atomic E-state index is 5.83. The Morgan fingerprint density at radius 3 is 2.59 bits per heavy atom. The maximum absolute atomic E-state index is 5.83. The summed E-state index contributed by atoms with van der Waals surface area (Å²) in [5.41, 5.74) is 1.14. The van der Waals surface area contributed by atoms with Crippen molar-refractivity contribution in [3.8, 4) is 11.3 Å². The van der Waals surface area contributed by atoms with E-state index < -0.39 is 0 Å². The molecule has 1 aromatic carbocycles. The number of quaternary nitrogens is 1. The van der Waals surface area contributed by atoms with Crippen molar-refractivity contribution in [3.05, 3.63) is 48.2 Å². The Bertz CT molecular complexity index is 447. The van der Waals surface area contributed by atoms with Crippen LogP contribution in [0.25, 0.3) is 11.3 Å². The van der Waals surface area contributed by atoms with E-state index in [0.717, 1.165) is 23.6 Å². The molecule has 2 nitrogen and oxygen atoms in total. The quantitative estimate of drug-likeness (QED) is 0.841. The monoisotopic (exact) mass is 230 g/mol. The van der Waals surface area contributed by atoms with Crippen LogP contribution in [0.15, 0.2) is 46.9 Å². The number of hydrogen-bond donors (Lipinski definition) is 1. The zero-order valence-electron chi connectivity index (χ0n) is 10.5. The fourth-order valence-electron chi connectivity index (χ4n) is 1.73. The molecule has 0 spiro atoms. The molecule has 0 amide bonds. The molecule has 0 radical (unpaired) electrons. The van der Waals surface area contributed by atoms with Gasteiger partial charge in [-0.3, -0.25) is 0 Å². The summed E-state index contributed by atoms with van der Waals surface area (Å²) in [7, 11) is 0. The minimum absolute atomic E-state index is 0.653. The maximum Gasteiger partial charge on any atom is 0.158 e. The van der Waals surface area contributed by atoms with Gasteiger partial charge in [-0.1, -0.05) is 37.3 Å². The molecule has 0 aliphatic rings. The third-order valence-electron chi connectivity index (χ3n) is 3.09. The first-order valence-electron chi connectivity index (χ1n) is 6.27. The van der Waals surface area contributed by atoms with E-state index in [1.165, 1.54) is 6.42 Å². The highest BCUT2D eigenvalue weighted by molar-refractivity contribution is 5.57. The Kier molecular flexibility index (Phi) is 3.99. The molecule has 0 unspecified atom stereocenters. The molecule has 2 N–H and O–H groups in total. The Labute approximate surface area is 103 Å². The van der Waals surface area contributed by atoms with Gasteiger partial charge in [0.05, 0.1) is 6.04 Å². The number of furan rings is 1. The van der Waals surface area contributed by atoms with Gasteiger partial charge < -0.3 is 9.73 Å². The first-order valence-corrected chi connectivity index (χ1v) is 6.27. The number of nitrogens with two attached hydrogens (primary N) is 1. The largest absolute Gasteiger partial charge is 0.455 e. The highest BCUT2D eigenvalue weighted by Crippen LogP contribution is 2.21. The van der Waals surface area contributed by atoms with Crippen molar-refractivity contribution in [2.75, 3.05) is 0 Å². The molecule has 0 fully saturated rings. The lowest BCUT2D eigenvalue weighted by Gasteiger charge is -2.05. The molecule has 2 aromatic rings. The molecule has 1 aromatic heterocycles. The topological polar surface area (TPSA) is 29.8 Å². The molecule has 0 aliphatic heterocycles. The predicted octanol–water partition coefficient (Wildman–Crippen LogP) is 2.81. The first kappa shape index (κ1) is 11.9. The average Bonchev–Trinajstić information content (AvgIpc) is 2.86. The lowest BCUT2D eigenvalue weighted by atomic mass is 10.2. The highest BCUT2D eigenvalue weighted by Gasteiger charge is 2.07. The van der Waals surface area contributed by atoms with Crippen LogP contribution in [0.3, 0.4) is 0 Å². The minimum Gasteiger partial charge on any atom is -0.455 e. The van der Waals surface area contributed by atoms with Crippen LogP contribution in [0.1, 0.15) is 26.0 Å². The van der Waals surface area contributed by atoms with E-state index in [2.05, 4.69) is 43.4 Å². The van der Waals surface area contributed by atoms with Crippen molar-refractivity contribution in [2.45, 2.75) is 32.9 Å². The third-order valence-corrected chi connectivity index (χ3v) is 3.09. The van der Waals surface area contributed by atoms with Crippen molar-refractivity contribution in [1.29, 1.82) is 0 Å². The first-order chi connectivity index (χ1) is 8.29. The minimum atomic E-state index is 0.653. The van der Waals surface area contributed by atoms with Gasteiger partial charge in [-0.2, -0.15) is 0 Å². The molecule has 0 aliphatic carbocycles. The van der Waals surface area contributed by atoms with Crippen molar-refractivity contribution in [1.82, 2.24) is 0 Å². The molecule has 0 saturated carbocycles. The van der Waals surface area contributed by atoms with Crippen LogP contribution in [0.2, 0.25) is 0 Å². The van der Waals surface area contributed by atoms with Crippen molar-refractivity contribution in [2.24, 2.45) is 0 Å². The van der Waals surface area contributed by atoms with Gasteiger partial charge in [0.1, 0.15) is 12.3 Å². The Morgan fingerprint density at radius 1 is 1.12 bits per heavy atom. The van der Waals surface area contributed by atoms with Crippen LogP contribution in [0.4, 0.5) is 0 Å². The summed E-state index contributed by atoms with van der Waals surface area (Å²) in [5.74, 6) is 2.00. The summed E-state index contributed by atoms with van der Waals surface area (Å²) in [4.78, 5) is 0. The molecule has 90 valence electrons. The van der Waals surface area contributed by atoms with Crippen LogP contribution in [0, 0.1) is 0 Å². The van der Waals surface area contributed by atoms with Gasteiger partial charge in [-0.05, 0) is 25.5 Å². The van der Waals surface area contributed by atoms with Crippen molar-refractivity contribution in [3.63, 3.8) is 0 Å². The Hall–Kier alpha value is -1.54. The van der Waals surface area contributed by atoms with E-state index in [1.54, 1.807) is 0 Å². The fraction of sp³-hybridized carbons (Fsp3) is 0.333. The van der Waals surface area contributed by atoms with Crippen LogP contribution >= 0.6 is 0 Å². The molecule has 17 heavy (non-hydrogen) atoms. The highest BCUT2D eigenvalue weighted by atomic mass is 16.3. The van der Waals surface area contributed by atoms with E-state index in [9.17, 15) is 0 Å². The Balaban J connectivity index is 2.01. The molecule has 1 heterocycles. The van der Waals surface area contributed by atoms with E-state index in [1.807, 2.05) is 18.2 Å². The normalized spacial score (nSPS) is 12.6. The zero-order valence-corrected chi connectivity index (χ0v) is 10.5. The summed E-state index contributed by atoms with van der Waals surface area (Å²) in [5, 5.41) is 2.31. The second kappa shape index (κ2) is 5.69. The molecule has 0 saturated heterocycles. The van der Waals surface area contributed by atoms with Gasteiger partial charge in [0.15, 0.2) is 5.76 Å². The standard InChI is InChI=1S/C15H19NO/c1-3-12(2)16-11-14-9-10-15(17-14)13-7-5-4-6-8-13/h4-10,12,16H,3,11H2,1-2H3/p+1/t12-/m0/s1. The van der Waals surface area contributed by atoms with Crippen molar-refractivity contribution < 1.29 is 9.73 Å². The molecular formula is C15H20NO+. The lowest BCUT2D eigenvalue weighted by molar-refractivity contribution is -0.703. The second-order valence-electron chi connectivity index (χ2n) is 4.46. The molecule has 2 heteroatoms. The summed E-state index contributed by atoms with van der Waals surface area (Å²) in [6.45, 7) is 5.36. The van der Waals surface area contributed by atoms with Gasteiger partial charge >= 0.3 is 0 Å². The summed E-state index contributed by atoms with van der Waals surface area (Å²) in [6, 6.07) is 15.0.